The minimum Gasteiger partial charge on any atom is -0.397 e. The van der Waals surface area contributed by atoms with Gasteiger partial charge >= 0.3 is 0 Å². The molecule has 0 spiro atoms. The van der Waals surface area contributed by atoms with Gasteiger partial charge in [0.2, 0.25) is 0 Å². The Hall–Kier alpha value is -2.08. The van der Waals surface area contributed by atoms with Crippen molar-refractivity contribution in [1.82, 2.24) is 19.9 Å². The predicted molar refractivity (Wildman–Crippen MR) is 67.6 cm³/mol. The maximum atomic E-state index is 5.75. The summed E-state index contributed by atoms with van der Waals surface area (Å²) in [5.74, 6) is 0. The van der Waals surface area contributed by atoms with Crippen molar-refractivity contribution >= 4 is 11.4 Å². The minimum atomic E-state index is 0.548. The highest BCUT2D eigenvalue weighted by Crippen LogP contribution is 2.18. The number of nitrogen functional groups attached to an aromatic ring is 2. The van der Waals surface area contributed by atoms with Crippen LogP contribution >= 0.6 is 0 Å². The van der Waals surface area contributed by atoms with E-state index in [9.17, 15) is 0 Å². The zero-order chi connectivity index (χ0) is 12.4. The SMILES string of the molecule is CN(C)Cc1cn(-c2ccc(N)c(N)c2)nn1. The molecule has 1 aromatic heterocycles. The molecule has 0 unspecified atom stereocenters. The molecule has 0 fully saturated rings. The molecule has 1 aromatic carbocycles. The fraction of sp³-hybridized carbons (Fsp3) is 0.273. The molecular formula is C11H16N6. The first kappa shape index (κ1) is 11.4. The van der Waals surface area contributed by atoms with Gasteiger partial charge in [-0.05, 0) is 32.3 Å². The van der Waals surface area contributed by atoms with Gasteiger partial charge in [0.15, 0.2) is 0 Å². The number of hydrogen-bond acceptors (Lipinski definition) is 5. The predicted octanol–water partition coefficient (Wildman–Crippen LogP) is 0.493. The number of anilines is 2. The van der Waals surface area contributed by atoms with E-state index in [2.05, 4.69) is 10.3 Å². The quantitative estimate of drug-likeness (QED) is 0.752. The maximum absolute atomic E-state index is 5.75. The van der Waals surface area contributed by atoms with E-state index >= 15 is 0 Å². The van der Waals surface area contributed by atoms with Crippen LogP contribution in [-0.4, -0.2) is 34.0 Å². The van der Waals surface area contributed by atoms with Gasteiger partial charge in [-0.2, -0.15) is 0 Å². The summed E-state index contributed by atoms with van der Waals surface area (Å²) in [6.45, 7) is 0.754. The largest absolute Gasteiger partial charge is 0.397 e. The highest BCUT2D eigenvalue weighted by atomic mass is 15.4. The first-order valence-electron chi connectivity index (χ1n) is 5.27. The average molecular weight is 232 g/mol. The molecule has 90 valence electrons. The van der Waals surface area contributed by atoms with Gasteiger partial charge in [0, 0.05) is 6.54 Å². The van der Waals surface area contributed by atoms with Crippen LogP contribution in [0.25, 0.3) is 5.69 Å². The van der Waals surface area contributed by atoms with Crippen molar-refractivity contribution in [3.63, 3.8) is 0 Å². The summed E-state index contributed by atoms with van der Waals surface area (Å²) >= 11 is 0. The molecule has 0 saturated heterocycles. The summed E-state index contributed by atoms with van der Waals surface area (Å²) in [5.41, 5.74) is 14.3. The molecule has 6 nitrogen and oxygen atoms in total. The Kier molecular flexibility index (Phi) is 2.97. The fourth-order valence-electron chi connectivity index (χ4n) is 1.53. The van der Waals surface area contributed by atoms with Crippen LogP contribution in [0.3, 0.4) is 0 Å². The van der Waals surface area contributed by atoms with Gasteiger partial charge in [-0.25, -0.2) is 4.68 Å². The molecule has 2 aromatic rings. The molecule has 0 aliphatic heterocycles. The van der Waals surface area contributed by atoms with Crippen molar-refractivity contribution in [3.8, 4) is 5.69 Å². The second-order valence-corrected chi connectivity index (χ2v) is 4.21. The Labute approximate surface area is 99.8 Å². The van der Waals surface area contributed by atoms with Crippen molar-refractivity contribution in [1.29, 1.82) is 0 Å². The summed E-state index contributed by atoms with van der Waals surface area (Å²) in [6, 6.07) is 5.40. The zero-order valence-electron chi connectivity index (χ0n) is 9.96. The van der Waals surface area contributed by atoms with Crippen molar-refractivity contribution in [2.24, 2.45) is 0 Å². The molecule has 0 saturated carbocycles. The van der Waals surface area contributed by atoms with E-state index in [-0.39, 0.29) is 0 Å². The van der Waals surface area contributed by atoms with Crippen LogP contribution in [0.1, 0.15) is 5.69 Å². The van der Waals surface area contributed by atoms with E-state index in [0.717, 1.165) is 17.9 Å². The Balaban J connectivity index is 2.27. The monoisotopic (exact) mass is 232 g/mol. The van der Waals surface area contributed by atoms with Gasteiger partial charge in [-0.15, -0.1) is 5.10 Å². The van der Waals surface area contributed by atoms with Gasteiger partial charge in [0.1, 0.15) is 0 Å². The van der Waals surface area contributed by atoms with E-state index in [1.54, 1.807) is 16.8 Å². The van der Waals surface area contributed by atoms with E-state index in [4.69, 9.17) is 11.5 Å². The van der Waals surface area contributed by atoms with Crippen molar-refractivity contribution in [2.75, 3.05) is 25.6 Å². The standard InChI is InChI=1S/C11H16N6/c1-16(2)6-8-7-17(15-14-8)9-3-4-10(12)11(13)5-9/h3-5,7H,6,12-13H2,1-2H3. The third kappa shape index (κ3) is 2.54. The molecule has 2 rings (SSSR count). The van der Waals surface area contributed by atoms with Gasteiger partial charge in [0.05, 0.1) is 29.0 Å². The number of nitrogens with zero attached hydrogens (tertiary/aromatic N) is 4. The van der Waals surface area contributed by atoms with Crippen molar-refractivity contribution in [2.45, 2.75) is 6.54 Å². The number of rotatable bonds is 3. The van der Waals surface area contributed by atoms with Crippen LogP contribution in [0.2, 0.25) is 0 Å². The number of nitrogens with two attached hydrogens (primary N) is 2. The first-order chi connectivity index (χ1) is 8.06. The molecule has 0 amide bonds. The minimum absolute atomic E-state index is 0.548. The Morgan fingerprint density at radius 3 is 2.65 bits per heavy atom. The van der Waals surface area contributed by atoms with Crippen LogP contribution in [0.4, 0.5) is 11.4 Å². The third-order valence-electron chi connectivity index (χ3n) is 2.35. The van der Waals surface area contributed by atoms with Gasteiger partial charge in [-0.1, -0.05) is 5.21 Å². The molecule has 0 bridgehead atoms. The van der Waals surface area contributed by atoms with E-state index in [1.807, 2.05) is 31.3 Å². The molecular weight excluding hydrogens is 216 g/mol. The van der Waals surface area contributed by atoms with Gasteiger partial charge in [-0.3, -0.25) is 0 Å². The Morgan fingerprint density at radius 1 is 1.24 bits per heavy atom. The highest BCUT2D eigenvalue weighted by Gasteiger charge is 2.05. The van der Waals surface area contributed by atoms with E-state index in [0.29, 0.717) is 11.4 Å². The van der Waals surface area contributed by atoms with Gasteiger partial charge < -0.3 is 16.4 Å². The van der Waals surface area contributed by atoms with Gasteiger partial charge in [0.25, 0.3) is 0 Å². The van der Waals surface area contributed by atoms with Crippen LogP contribution in [0.15, 0.2) is 24.4 Å². The molecule has 17 heavy (non-hydrogen) atoms. The van der Waals surface area contributed by atoms with Crippen LogP contribution in [-0.2, 0) is 6.54 Å². The van der Waals surface area contributed by atoms with Crippen LogP contribution in [0.5, 0.6) is 0 Å². The van der Waals surface area contributed by atoms with E-state index < -0.39 is 0 Å². The molecule has 0 atom stereocenters. The lowest BCUT2D eigenvalue weighted by atomic mass is 10.2. The normalized spacial score (nSPS) is 11.0. The molecule has 0 aliphatic carbocycles. The smallest absolute Gasteiger partial charge is 0.0971 e. The Morgan fingerprint density at radius 2 is 2.00 bits per heavy atom. The Bertz CT molecular complexity index is 516. The summed E-state index contributed by atoms with van der Waals surface area (Å²) in [7, 11) is 3.97. The second-order valence-electron chi connectivity index (χ2n) is 4.21. The lowest BCUT2D eigenvalue weighted by Crippen LogP contribution is -2.10. The zero-order valence-corrected chi connectivity index (χ0v) is 9.96. The maximum Gasteiger partial charge on any atom is 0.0971 e. The first-order valence-corrected chi connectivity index (χ1v) is 5.27. The lowest BCUT2D eigenvalue weighted by molar-refractivity contribution is 0.396. The topological polar surface area (TPSA) is 86.0 Å². The molecule has 0 radical (unpaired) electrons. The third-order valence-corrected chi connectivity index (χ3v) is 2.35. The fourth-order valence-corrected chi connectivity index (χ4v) is 1.53. The summed E-state index contributed by atoms with van der Waals surface area (Å²) < 4.78 is 1.69. The average Bonchev–Trinajstić information content (AvgIpc) is 2.69. The molecule has 0 aliphatic rings. The van der Waals surface area contributed by atoms with Crippen molar-refractivity contribution < 1.29 is 0 Å². The van der Waals surface area contributed by atoms with E-state index in [1.165, 1.54) is 0 Å². The number of hydrogen-bond donors (Lipinski definition) is 2. The summed E-state index contributed by atoms with van der Waals surface area (Å²) in [6.07, 6.45) is 1.88. The second kappa shape index (κ2) is 4.42. The molecule has 4 N–H and O–H groups in total. The van der Waals surface area contributed by atoms with Crippen molar-refractivity contribution in [3.05, 3.63) is 30.1 Å². The molecule has 1 heterocycles. The van der Waals surface area contributed by atoms with Crippen LogP contribution in [0, 0.1) is 0 Å². The van der Waals surface area contributed by atoms with Crippen LogP contribution < -0.4 is 11.5 Å². The molecule has 6 heteroatoms. The number of aromatic nitrogens is 3. The summed E-state index contributed by atoms with van der Waals surface area (Å²) in [5, 5.41) is 8.14. The number of benzene rings is 1. The summed E-state index contributed by atoms with van der Waals surface area (Å²) in [4.78, 5) is 2.03. The highest BCUT2D eigenvalue weighted by molar-refractivity contribution is 5.66. The lowest BCUT2D eigenvalue weighted by Gasteiger charge is -2.05.